The molecular formula is C13H18Cl3NO2. The number of hydrogen-bond acceptors (Lipinski definition) is 3. The van der Waals surface area contributed by atoms with Crippen molar-refractivity contribution < 1.29 is 9.84 Å². The number of hydrogen-bond donors (Lipinski definition) is 2. The first-order valence-corrected chi connectivity index (χ1v) is 7.19. The molecule has 1 rings (SSSR count). The van der Waals surface area contributed by atoms with E-state index in [0.717, 1.165) is 6.54 Å². The number of benzene rings is 1. The van der Waals surface area contributed by atoms with Gasteiger partial charge < -0.3 is 15.2 Å². The molecule has 0 fully saturated rings. The van der Waals surface area contributed by atoms with E-state index >= 15 is 0 Å². The van der Waals surface area contributed by atoms with Crippen molar-refractivity contribution in [2.24, 2.45) is 5.92 Å². The van der Waals surface area contributed by atoms with Gasteiger partial charge in [0, 0.05) is 11.6 Å². The summed E-state index contributed by atoms with van der Waals surface area (Å²) in [5.41, 5.74) is 0. The number of aliphatic hydroxyl groups excluding tert-OH is 1. The van der Waals surface area contributed by atoms with Crippen molar-refractivity contribution in [1.82, 2.24) is 5.32 Å². The van der Waals surface area contributed by atoms with Crippen LogP contribution in [0.15, 0.2) is 12.1 Å². The fraction of sp³-hybridized carbons (Fsp3) is 0.538. The molecule has 1 atom stereocenters. The van der Waals surface area contributed by atoms with Gasteiger partial charge in [-0.05, 0) is 24.6 Å². The van der Waals surface area contributed by atoms with Gasteiger partial charge in [0.05, 0.1) is 10.0 Å². The third-order valence-electron chi connectivity index (χ3n) is 2.32. The van der Waals surface area contributed by atoms with Gasteiger partial charge in [0.15, 0.2) is 5.75 Å². The third kappa shape index (κ3) is 6.19. The Morgan fingerprint density at radius 3 is 2.26 bits per heavy atom. The average molecular weight is 327 g/mol. The third-order valence-corrected chi connectivity index (χ3v) is 3.10. The van der Waals surface area contributed by atoms with Crippen molar-refractivity contribution in [1.29, 1.82) is 0 Å². The molecule has 1 unspecified atom stereocenters. The predicted octanol–water partition coefficient (Wildman–Crippen LogP) is 3.63. The minimum atomic E-state index is -0.624. The van der Waals surface area contributed by atoms with Gasteiger partial charge in [-0.25, -0.2) is 0 Å². The quantitative estimate of drug-likeness (QED) is 0.804. The molecule has 108 valence electrons. The van der Waals surface area contributed by atoms with Gasteiger partial charge in [-0.15, -0.1) is 0 Å². The van der Waals surface area contributed by atoms with Gasteiger partial charge >= 0.3 is 0 Å². The molecule has 0 aliphatic rings. The molecule has 0 spiro atoms. The van der Waals surface area contributed by atoms with Crippen molar-refractivity contribution in [3.05, 3.63) is 27.2 Å². The lowest BCUT2D eigenvalue weighted by Crippen LogP contribution is -2.33. The summed E-state index contributed by atoms with van der Waals surface area (Å²) in [6.45, 7) is 5.62. The summed E-state index contributed by atoms with van der Waals surface area (Å²) in [5, 5.41) is 14.0. The first-order chi connectivity index (χ1) is 8.90. The lowest BCUT2D eigenvalue weighted by Gasteiger charge is -2.15. The SMILES string of the molecule is CC(C)CNCC(O)COc1c(Cl)cc(Cl)cc1Cl. The molecule has 0 aliphatic carbocycles. The maximum absolute atomic E-state index is 9.76. The largest absolute Gasteiger partial charge is 0.488 e. The fourth-order valence-corrected chi connectivity index (χ4v) is 2.37. The second-order valence-corrected chi connectivity index (χ2v) is 5.97. The summed E-state index contributed by atoms with van der Waals surface area (Å²) in [5.74, 6) is 0.879. The summed E-state index contributed by atoms with van der Waals surface area (Å²) in [6.07, 6.45) is -0.624. The van der Waals surface area contributed by atoms with E-state index in [1.807, 2.05) is 0 Å². The summed E-state index contributed by atoms with van der Waals surface area (Å²) in [6, 6.07) is 3.10. The molecular weight excluding hydrogens is 309 g/mol. The minimum absolute atomic E-state index is 0.117. The van der Waals surface area contributed by atoms with Crippen LogP contribution in [0.3, 0.4) is 0 Å². The van der Waals surface area contributed by atoms with Crippen molar-refractivity contribution in [2.75, 3.05) is 19.7 Å². The molecule has 0 amide bonds. The van der Waals surface area contributed by atoms with Gasteiger partial charge in [-0.2, -0.15) is 0 Å². The van der Waals surface area contributed by atoms with Crippen LogP contribution < -0.4 is 10.1 Å². The lowest BCUT2D eigenvalue weighted by atomic mass is 10.2. The monoisotopic (exact) mass is 325 g/mol. The molecule has 0 saturated carbocycles. The Kier molecular flexibility index (Phi) is 7.26. The number of rotatable bonds is 7. The molecule has 19 heavy (non-hydrogen) atoms. The second-order valence-electron chi connectivity index (χ2n) is 4.72. The van der Waals surface area contributed by atoms with E-state index in [0.29, 0.717) is 33.3 Å². The Labute approximate surface area is 128 Å². The summed E-state index contributed by atoms with van der Waals surface area (Å²) < 4.78 is 5.43. The van der Waals surface area contributed by atoms with E-state index in [-0.39, 0.29) is 6.61 Å². The molecule has 0 saturated heterocycles. The standard InChI is InChI=1S/C13H18Cl3NO2/c1-8(2)5-17-6-10(18)7-19-13-11(15)3-9(14)4-12(13)16/h3-4,8,10,17-18H,5-7H2,1-2H3. The van der Waals surface area contributed by atoms with Gasteiger partial charge in [0.2, 0.25) is 0 Å². The highest BCUT2D eigenvalue weighted by atomic mass is 35.5. The van der Waals surface area contributed by atoms with Crippen LogP contribution >= 0.6 is 34.8 Å². The molecule has 0 heterocycles. The number of halogens is 3. The average Bonchev–Trinajstić information content (AvgIpc) is 2.26. The van der Waals surface area contributed by atoms with Crippen molar-refractivity contribution in [3.8, 4) is 5.75 Å². The molecule has 0 aromatic heterocycles. The number of ether oxygens (including phenoxy) is 1. The van der Waals surface area contributed by atoms with E-state index < -0.39 is 6.10 Å². The zero-order valence-electron chi connectivity index (χ0n) is 10.9. The molecule has 0 radical (unpaired) electrons. The lowest BCUT2D eigenvalue weighted by molar-refractivity contribution is 0.106. The first kappa shape index (κ1) is 16.9. The molecule has 6 heteroatoms. The van der Waals surface area contributed by atoms with Crippen molar-refractivity contribution in [3.63, 3.8) is 0 Å². The van der Waals surface area contributed by atoms with Gasteiger partial charge in [0.25, 0.3) is 0 Å². The van der Waals surface area contributed by atoms with Crippen molar-refractivity contribution >= 4 is 34.8 Å². The Morgan fingerprint density at radius 1 is 1.16 bits per heavy atom. The molecule has 0 bridgehead atoms. The Hall–Kier alpha value is -0.190. The molecule has 0 aliphatic heterocycles. The van der Waals surface area contributed by atoms with Crippen molar-refractivity contribution in [2.45, 2.75) is 20.0 Å². The number of aliphatic hydroxyl groups is 1. The summed E-state index contributed by atoms with van der Waals surface area (Å²) in [7, 11) is 0. The summed E-state index contributed by atoms with van der Waals surface area (Å²) >= 11 is 17.7. The van der Waals surface area contributed by atoms with Crippen LogP contribution in [-0.4, -0.2) is 30.9 Å². The number of nitrogens with one attached hydrogen (secondary N) is 1. The van der Waals surface area contributed by atoms with Gasteiger partial charge in [-0.1, -0.05) is 48.7 Å². The first-order valence-electron chi connectivity index (χ1n) is 6.06. The fourth-order valence-electron chi connectivity index (χ4n) is 1.44. The van der Waals surface area contributed by atoms with Crippen LogP contribution in [-0.2, 0) is 0 Å². The van der Waals surface area contributed by atoms with Gasteiger partial charge in [0.1, 0.15) is 12.7 Å². The smallest absolute Gasteiger partial charge is 0.156 e. The van der Waals surface area contributed by atoms with Crippen LogP contribution in [0.2, 0.25) is 15.1 Å². The van der Waals surface area contributed by atoms with E-state index in [2.05, 4.69) is 19.2 Å². The zero-order valence-corrected chi connectivity index (χ0v) is 13.2. The molecule has 1 aromatic rings. The Balaban J connectivity index is 2.44. The highest BCUT2D eigenvalue weighted by molar-refractivity contribution is 6.40. The highest BCUT2D eigenvalue weighted by Crippen LogP contribution is 2.35. The second kappa shape index (κ2) is 8.18. The highest BCUT2D eigenvalue weighted by Gasteiger charge is 2.12. The van der Waals surface area contributed by atoms with E-state index in [9.17, 15) is 5.11 Å². The Bertz CT molecular complexity index is 390. The van der Waals surface area contributed by atoms with E-state index in [4.69, 9.17) is 39.5 Å². The van der Waals surface area contributed by atoms with Crippen LogP contribution in [0.25, 0.3) is 0 Å². The van der Waals surface area contributed by atoms with E-state index in [1.165, 1.54) is 0 Å². The minimum Gasteiger partial charge on any atom is -0.488 e. The zero-order chi connectivity index (χ0) is 14.4. The summed E-state index contributed by atoms with van der Waals surface area (Å²) in [4.78, 5) is 0. The maximum Gasteiger partial charge on any atom is 0.156 e. The van der Waals surface area contributed by atoms with Crippen LogP contribution in [0.4, 0.5) is 0 Å². The van der Waals surface area contributed by atoms with Gasteiger partial charge in [-0.3, -0.25) is 0 Å². The Morgan fingerprint density at radius 2 is 1.74 bits per heavy atom. The molecule has 2 N–H and O–H groups in total. The van der Waals surface area contributed by atoms with Crippen LogP contribution in [0.1, 0.15) is 13.8 Å². The molecule has 3 nitrogen and oxygen atoms in total. The van der Waals surface area contributed by atoms with Crippen LogP contribution in [0.5, 0.6) is 5.75 Å². The predicted molar refractivity (Wildman–Crippen MR) is 80.7 cm³/mol. The molecule has 1 aromatic carbocycles. The van der Waals surface area contributed by atoms with Crippen LogP contribution in [0, 0.1) is 5.92 Å². The van der Waals surface area contributed by atoms with E-state index in [1.54, 1.807) is 12.1 Å². The maximum atomic E-state index is 9.76. The topological polar surface area (TPSA) is 41.5 Å². The normalized spacial score (nSPS) is 12.8.